The van der Waals surface area contributed by atoms with Gasteiger partial charge < -0.3 is 14.0 Å². The van der Waals surface area contributed by atoms with Crippen LogP contribution in [-0.2, 0) is 26.3 Å². The maximum Gasteiger partial charge on any atom is 0.434 e. The van der Waals surface area contributed by atoms with E-state index in [-0.39, 0.29) is 18.5 Å². The SMILES string of the molecule is COc1ncnc(C2CC2)c1-c1ncc2c(n1)c(Cc1ccc(-c3nc(C(F)(F)F)cn3C(C)C)cc1OCc1ccccc1)nn2C. The number of aromatic nitrogens is 8. The number of imidazole rings is 1. The summed E-state index contributed by atoms with van der Waals surface area (Å²) in [5.74, 6) is 1.89. The van der Waals surface area contributed by atoms with Crippen molar-refractivity contribution >= 4 is 11.0 Å². The van der Waals surface area contributed by atoms with Gasteiger partial charge in [-0.3, -0.25) is 4.68 Å². The Hall–Kier alpha value is -5.33. The molecule has 2 aromatic carbocycles. The highest BCUT2D eigenvalue weighted by Crippen LogP contribution is 2.45. The third-order valence-corrected chi connectivity index (χ3v) is 8.38. The number of benzene rings is 2. The lowest BCUT2D eigenvalue weighted by molar-refractivity contribution is -0.140. The second-order valence-corrected chi connectivity index (χ2v) is 12.1. The van der Waals surface area contributed by atoms with E-state index in [9.17, 15) is 13.2 Å². The molecule has 0 amide bonds. The molecule has 1 aliphatic rings. The summed E-state index contributed by atoms with van der Waals surface area (Å²) in [6.45, 7) is 3.90. The number of halogens is 3. The van der Waals surface area contributed by atoms with E-state index in [1.165, 1.54) is 10.9 Å². The van der Waals surface area contributed by atoms with Gasteiger partial charge in [-0.25, -0.2) is 24.9 Å². The van der Waals surface area contributed by atoms with Crippen molar-refractivity contribution in [3.8, 4) is 34.4 Å². The molecule has 1 fully saturated rings. The van der Waals surface area contributed by atoms with Crippen molar-refractivity contribution < 1.29 is 22.6 Å². The van der Waals surface area contributed by atoms with E-state index in [0.717, 1.165) is 41.4 Å². The average molecular weight is 655 g/mol. The van der Waals surface area contributed by atoms with Crippen LogP contribution in [0.1, 0.15) is 66.9 Å². The zero-order valence-electron chi connectivity index (χ0n) is 26.9. The molecule has 0 unspecified atom stereocenters. The van der Waals surface area contributed by atoms with Crippen LogP contribution in [0.5, 0.6) is 11.6 Å². The molecule has 6 aromatic rings. The Kier molecular flexibility index (Phi) is 8.06. The summed E-state index contributed by atoms with van der Waals surface area (Å²) in [4.78, 5) is 22.5. The first-order valence-electron chi connectivity index (χ1n) is 15.6. The van der Waals surface area contributed by atoms with E-state index < -0.39 is 11.9 Å². The second-order valence-electron chi connectivity index (χ2n) is 12.1. The number of hydrogen-bond acceptors (Lipinski definition) is 8. The van der Waals surface area contributed by atoms with Crippen molar-refractivity contribution in [1.82, 2.24) is 39.3 Å². The Morgan fingerprint density at radius 2 is 1.79 bits per heavy atom. The van der Waals surface area contributed by atoms with Gasteiger partial charge in [0.2, 0.25) is 5.88 Å². The molecule has 1 aliphatic carbocycles. The van der Waals surface area contributed by atoms with Gasteiger partial charge in [-0.05, 0) is 38.3 Å². The summed E-state index contributed by atoms with van der Waals surface area (Å²) in [7, 11) is 3.39. The van der Waals surface area contributed by atoms with Crippen LogP contribution in [0.4, 0.5) is 13.2 Å². The van der Waals surface area contributed by atoms with Crippen LogP contribution in [0.2, 0.25) is 0 Å². The van der Waals surface area contributed by atoms with Crippen molar-refractivity contribution in [1.29, 1.82) is 0 Å². The fourth-order valence-electron chi connectivity index (χ4n) is 5.79. The molecular weight excluding hydrogens is 621 g/mol. The van der Waals surface area contributed by atoms with Crippen LogP contribution in [0, 0.1) is 0 Å². The monoisotopic (exact) mass is 654 g/mol. The van der Waals surface area contributed by atoms with Crippen molar-refractivity contribution in [2.24, 2.45) is 7.05 Å². The molecule has 0 atom stereocenters. The number of methoxy groups -OCH3 is 1. The molecule has 0 spiro atoms. The molecule has 0 N–H and O–H groups in total. The Morgan fingerprint density at radius 1 is 1.00 bits per heavy atom. The fraction of sp³-hybridized carbons (Fsp3) is 0.314. The van der Waals surface area contributed by atoms with Gasteiger partial charge in [0, 0.05) is 42.8 Å². The highest BCUT2D eigenvalue weighted by atomic mass is 19.4. The predicted octanol–water partition coefficient (Wildman–Crippen LogP) is 7.34. The van der Waals surface area contributed by atoms with Gasteiger partial charge >= 0.3 is 6.18 Å². The minimum Gasteiger partial charge on any atom is -0.489 e. The topological polar surface area (TPSA) is 106 Å². The van der Waals surface area contributed by atoms with E-state index >= 15 is 0 Å². The summed E-state index contributed by atoms with van der Waals surface area (Å²) >= 11 is 0. The molecule has 13 heteroatoms. The van der Waals surface area contributed by atoms with Crippen molar-refractivity contribution in [2.45, 2.75) is 57.9 Å². The van der Waals surface area contributed by atoms with Crippen molar-refractivity contribution in [3.63, 3.8) is 0 Å². The van der Waals surface area contributed by atoms with Crippen LogP contribution in [-0.4, -0.2) is 46.4 Å². The third-order valence-electron chi connectivity index (χ3n) is 8.38. The van der Waals surface area contributed by atoms with Crippen LogP contribution in [0.15, 0.2) is 67.3 Å². The summed E-state index contributed by atoms with van der Waals surface area (Å²) < 4.78 is 56.3. The second kappa shape index (κ2) is 12.4. The predicted molar refractivity (Wildman–Crippen MR) is 172 cm³/mol. The van der Waals surface area contributed by atoms with E-state index in [2.05, 4.69) is 19.9 Å². The Bertz CT molecular complexity index is 2100. The van der Waals surface area contributed by atoms with Gasteiger partial charge in [0.05, 0.1) is 24.7 Å². The minimum absolute atomic E-state index is 0.208. The normalized spacial score (nSPS) is 13.4. The van der Waals surface area contributed by atoms with Gasteiger partial charge in [0.15, 0.2) is 11.5 Å². The lowest BCUT2D eigenvalue weighted by Gasteiger charge is -2.15. The molecule has 0 bridgehead atoms. The molecule has 48 heavy (non-hydrogen) atoms. The van der Waals surface area contributed by atoms with Crippen LogP contribution in [0.25, 0.3) is 33.8 Å². The molecular formula is C35H33F3N8O2. The summed E-state index contributed by atoms with van der Waals surface area (Å²) in [6, 6.07) is 14.8. The lowest BCUT2D eigenvalue weighted by Crippen LogP contribution is -2.05. The fourth-order valence-corrected chi connectivity index (χ4v) is 5.79. The Labute approximate surface area is 274 Å². The van der Waals surface area contributed by atoms with Gasteiger partial charge in [0.25, 0.3) is 0 Å². The van der Waals surface area contributed by atoms with Crippen LogP contribution in [0.3, 0.4) is 0 Å². The largest absolute Gasteiger partial charge is 0.489 e. The first-order valence-corrected chi connectivity index (χ1v) is 15.6. The zero-order chi connectivity index (χ0) is 33.6. The molecule has 7 rings (SSSR count). The molecule has 10 nitrogen and oxygen atoms in total. The lowest BCUT2D eigenvalue weighted by atomic mass is 10.0. The zero-order valence-corrected chi connectivity index (χ0v) is 26.9. The molecule has 4 aromatic heterocycles. The van der Waals surface area contributed by atoms with Gasteiger partial charge in [-0.2, -0.15) is 18.3 Å². The van der Waals surface area contributed by atoms with E-state index in [1.54, 1.807) is 30.1 Å². The van der Waals surface area contributed by atoms with Gasteiger partial charge in [-0.1, -0.05) is 42.5 Å². The highest BCUT2D eigenvalue weighted by molar-refractivity contribution is 5.80. The number of hydrogen-bond donors (Lipinski definition) is 0. The molecule has 0 radical (unpaired) electrons. The maximum absolute atomic E-state index is 13.7. The highest BCUT2D eigenvalue weighted by Gasteiger charge is 2.35. The first-order chi connectivity index (χ1) is 23.1. The van der Waals surface area contributed by atoms with E-state index in [0.29, 0.717) is 52.1 Å². The summed E-state index contributed by atoms with van der Waals surface area (Å²) in [6.07, 6.45) is 2.12. The summed E-state index contributed by atoms with van der Waals surface area (Å²) in [5, 5.41) is 4.79. The smallest absolute Gasteiger partial charge is 0.434 e. The number of nitrogens with zero attached hydrogens (tertiary/aromatic N) is 8. The quantitative estimate of drug-likeness (QED) is 0.151. The molecule has 4 heterocycles. The van der Waals surface area contributed by atoms with Crippen molar-refractivity contribution in [2.75, 3.05) is 7.11 Å². The van der Waals surface area contributed by atoms with Gasteiger partial charge in [0.1, 0.15) is 41.1 Å². The summed E-state index contributed by atoms with van der Waals surface area (Å²) in [5.41, 5.74) is 4.91. The first kappa shape index (κ1) is 31.3. The van der Waals surface area contributed by atoms with Gasteiger partial charge in [-0.15, -0.1) is 0 Å². The van der Waals surface area contributed by atoms with E-state index in [4.69, 9.17) is 19.6 Å². The van der Waals surface area contributed by atoms with E-state index in [1.807, 2.05) is 57.3 Å². The average Bonchev–Trinajstić information content (AvgIpc) is 3.74. The number of aryl methyl sites for hydroxylation is 1. The maximum atomic E-state index is 13.7. The number of ether oxygens (including phenoxy) is 2. The third kappa shape index (κ3) is 6.07. The van der Waals surface area contributed by atoms with Crippen molar-refractivity contribution in [3.05, 3.63) is 95.5 Å². The molecule has 0 aliphatic heterocycles. The molecule has 0 saturated heterocycles. The number of rotatable bonds is 10. The standard InChI is InChI=1S/C35H33F3N8O2/c1-20(2)46-17-28(35(36,37)38)42-33(46)24-13-12-23(27(15-24)48-18-21-8-6-5-7-9-21)14-25-31-26(45(3)44-25)16-39-32(43-31)29-30(22-10-11-22)40-19-41-34(29)47-4/h5-9,12-13,15-17,19-20,22H,10-11,14,18H2,1-4H3. The van der Waals surface area contributed by atoms with Crippen LogP contribution >= 0.6 is 0 Å². The Balaban J connectivity index is 1.31. The number of fused-ring (bicyclic) bond motifs is 1. The van der Waals surface area contributed by atoms with Crippen LogP contribution < -0.4 is 9.47 Å². The Morgan fingerprint density at radius 3 is 2.50 bits per heavy atom. The number of alkyl halides is 3. The minimum atomic E-state index is -4.57. The molecule has 246 valence electrons. The molecule has 1 saturated carbocycles.